The molecule has 2 heterocycles. The molecular formula is C10H15N3O. The van der Waals surface area contributed by atoms with Crippen molar-refractivity contribution >= 4 is 5.82 Å². The summed E-state index contributed by atoms with van der Waals surface area (Å²) < 4.78 is 5.28. The monoisotopic (exact) mass is 193 g/mol. The van der Waals surface area contributed by atoms with E-state index in [9.17, 15) is 0 Å². The average molecular weight is 193 g/mol. The lowest BCUT2D eigenvalue weighted by Gasteiger charge is -2.08. The van der Waals surface area contributed by atoms with Crippen LogP contribution in [0.3, 0.4) is 0 Å². The molecule has 1 aliphatic heterocycles. The van der Waals surface area contributed by atoms with Gasteiger partial charge in [0.05, 0.1) is 18.9 Å². The van der Waals surface area contributed by atoms with Crippen molar-refractivity contribution < 1.29 is 4.74 Å². The molecular weight excluding hydrogens is 178 g/mol. The summed E-state index contributed by atoms with van der Waals surface area (Å²) in [6.07, 6.45) is 0. The number of pyridine rings is 1. The first-order valence-electron chi connectivity index (χ1n) is 4.81. The fraction of sp³-hybridized carbons (Fsp3) is 0.500. The van der Waals surface area contributed by atoms with Crippen LogP contribution in [-0.2, 0) is 18.0 Å². The van der Waals surface area contributed by atoms with Crippen LogP contribution in [0.5, 0.6) is 0 Å². The lowest BCUT2D eigenvalue weighted by molar-refractivity contribution is 0.133. The second kappa shape index (κ2) is 3.94. The van der Waals surface area contributed by atoms with E-state index in [0.717, 1.165) is 18.1 Å². The number of rotatable bonds is 3. The zero-order valence-corrected chi connectivity index (χ0v) is 8.29. The Morgan fingerprint density at radius 2 is 2.43 bits per heavy atom. The molecule has 0 amide bonds. The number of hydrogen-bond acceptors (Lipinski definition) is 4. The number of hydrogen-bond donors (Lipinski definition) is 2. The number of fused-ring (bicyclic) bond motifs is 1. The Kier molecular flexibility index (Phi) is 2.65. The zero-order valence-electron chi connectivity index (χ0n) is 8.29. The van der Waals surface area contributed by atoms with Gasteiger partial charge in [-0.1, -0.05) is 6.07 Å². The highest BCUT2D eigenvalue weighted by Gasteiger charge is 2.12. The van der Waals surface area contributed by atoms with Crippen molar-refractivity contribution in [2.45, 2.75) is 26.2 Å². The van der Waals surface area contributed by atoms with E-state index < -0.39 is 0 Å². The molecule has 1 unspecified atom stereocenters. The number of nitrogens with two attached hydrogens (primary N) is 1. The van der Waals surface area contributed by atoms with Gasteiger partial charge in [0.2, 0.25) is 0 Å². The molecule has 0 radical (unpaired) electrons. The molecule has 1 aromatic heterocycles. The van der Waals surface area contributed by atoms with Crippen LogP contribution in [0, 0.1) is 0 Å². The Hall–Kier alpha value is -1.13. The van der Waals surface area contributed by atoms with Crippen LogP contribution >= 0.6 is 0 Å². The predicted octanol–water partition coefficient (Wildman–Crippen LogP) is 0.871. The Bertz CT molecular complexity index is 325. The normalized spacial score (nSPS) is 16.4. The van der Waals surface area contributed by atoms with Crippen molar-refractivity contribution in [3.05, 3.63) is 23.4 Å². The molecule has 0 saturated heterocycles. The molecule has 0 fully saturated rings. The lowest BCUT2D eigenvalue weighted by atomic mass is 10.2. The number of nitrogens with one attached hydrogen (secondary N) is 1. The van der Waals surface area contributed by atoms with E-state index in [0.29, 0.717) is 13.2 Å². The third-order valence-corrected chi connectivity index (χ3v) is 2.17. The molecule has 0 aliphatic carbocycles. The van der Waals surface area contributed by atoms with Crippen molar-refractivity contribution in [2.75, 3.05) is 11.9 Å². The van der Waals surface area contributed by atoms with Gasteiger partial charge in [0.25, 0.3) is 0 Å². The highest BCUT2D eigenvalue weighted by Crippen LogP contribution is 2.19. The van der Waals surface area contributed by atoms with Crippen molar-refractivity contribution in [2.24, 2.45) is 5.73 Å². The molecule has 0 bridgehead atoms. The molecule has 4 heteroatoms. The molecule has 76 valence electrons. The van der Waals surface area contributed by atoms with Crippen LogP contribution < -0.4 is 11.1 Å². The van der Waals surface area contributed by atoms with Gasteiger partial charge >= 0.3 is 0 Å². The van der Waals surface area contributed by atoms with Crippen LogP contribution in [0.25, 0.3) is 0 Å². The smallest absolute Gasteiger partial charge is 0.126 e. The number of anilines is 1. The standard InChI is InChI=1S/C10H15N3O/c1-7(11)4-12-10-3-2-8-5-14-6-9(8)13-10/h2-3,7H,4-6,11H2,1H3,(H,12,13). The Morgan fingerprint density at radius 3 is 3.21 bits per heavy atom. The summed E-state index contributed by atoms with van der Waals surface area (Å²) in [4.78, 5) is 4.43. The molecule has 1 aliphatic rings. The minimum atomic E-state index is 0.140. The summed E-state index contributed by atoms with van der Waals surface area (Å²) in [5, 5.41) is 3.18. The van der Waals surface area contributed by atoms with Crippen LogP contribution in [-0.4, -0.2) is 17.6 Å². The Morgan fingerprint density at radius 1 is 1.57 bits per heavy atom. The van der Waals surface area contributed by atoms with E-state index in [1.54, 1.807) is 0 Å². The summed E-state index contributed by atoms with van der Waals surface area (Å²) in [6.45, 7) is 4.02. The SMILES string of the molecule is CC(N)CNc1ccc2c(n1)COC2. The molecule has 3 N–H and O–H groups in total. The first kappa shape index (κ1) is 9.43. The summed E-state index contributed by atoms with van der Waals surface area (Å²) in [7, 11) is 0. The topological polar surface area (TPSA) is 60.2 Å². The summed E-state index contributed by atoms with van der Waals surface area (Å²) in [5.74, 6) is 0.881. The predicted molar refractivity (Wildman–Crippen MR) is 54.9 cm³/mol. The summed E-state index contributed by atoms with van der Waals surface area (Å²) >= 11 is 0. The number of aromatic nitrogens is 1. The Labute approximate surface area is 83.5 Å². The van der Waals surface area contributed by atoms with Crippen molar-refractivity contribution in [3.8, 4) is 0 Å². The first-order valence-corrected chi connectivity index (χ1v) is 4.81. The van der Waals surface area contributed by atoms with Crippen LogP contribution in [0.4, 0.5) is 5.82 Å². The summed E-state index contributed by atoms with van der Waals surface area (Å²) in [5.41, 5.74) is 7.87. The van der Waals surface area contributed by atoms with Crippen LogP contribution in [0.15, 0.2) is 12.1 Å². The number of nitrogens with zero attached hydrogens (tertiary/aromatic N) is 1. The maximum absolute atomic E-state index is 5.64. The fourth-order valence-electron chi connectivity index (χ4n) is 1.41. The Balaban J connectivity index is 2.05. The molecule has 1 aromatic rings. The largest absolute Gasteiger partial charge is 0.370 e. The third kappa shape index (κ3) is 2.02. The van der Waals surface area contributed by atoms with E-state index in [-0.39, 0.29) is 6.04 Å². The van der Waals surface area contributed by atoms with Gasteiger partial charge in [-0.25, -0.2) is 4.98 Å². The quantitative estimate of drug-likeness (QED) is 0.747. The third-order valence-electron chi connectivity index (χ3n) is 2.17. The van der Waals surface area contributed by atoms with Gasteiger partial charge in [0.1, 0.15) is 5.82 Å². The minimum Gasteiger partial charge on any atom is -0.370 e. The highest BCUT2D eigenvalue weighted by atomic mass is 16.5. The van der Waals surface area contributed by atoms with Crippen molar-refractivity contribution in [1.29, 1.82) is 0 Å². The fourth-order valence-corrected chi connectivity index (χ4v) is 1.41. The van der Waals surface area contributed by atoms with E-state index in [1.807, 2.05) is 13.0 Å². The molecule has 0 saturated carbocycles. The van der Waals surface area contributed by atoms with E-state index >= 15 is 0 Å². The summed E-state index contributed by atoms with van der Waals surface area (Å²) in [6, 6.07) is 4.16. The van der Waals surface area contributed by atoms with Gasteiger partial charge in [-0.15, -0.1) is 0 Å². The average Bonchev–Trinajstić information content (AvgIpc) is 2.61. The van der Waals surface area contributed by atoms with Crippen LogP contribution in [0.1, 0.15) is 18.2 Å². The van der Waals surface area contributed by atoms with Crippen molar-refractivity contribution in [3.63, 3.8) is 0 Å². The van der Waals surface area contributed by atoms with Gasteiger partial charge in [-0.05, 0) is 13.0 Å². The molecule has 4 nitrogen and oxygen atoms in total. The second-order valence-corrected chi connectivity index (χ2v) is 3.65. The van der Waals surface area contributed by atoms with E-state index in [1.165, 1.54) is 5.56 Å². The van der Waals surface area contributed by atoms with Gasteiger partial charge in [-0.3, -0.25) is 0 Å². The molecule has 1 atom stereocenters. The van der Waals surface area contributed by atoms with Crippen molar-refractivity contribution in [1.82, 2.24) is 4.98 Å². The zero-order chi connectivity index (χ0) is 9.97. The lowest BCUT2D eigenvalue weighted by Crippen LogP contribution is -2.25. The second-order valence-electron chi connectivity index (χ2n) is 3.65. The van der Waals surface area contributed by atoms with Gasteiger partial charge in [0, 0.05) is 18.2 Å². The van der Waals surface area contributed by atoms with Crippen LogP contribution in [0.2, 0.25) is 0 Å². The molecule has 0 aromatic carbocycles. The number of ether oxygens (including phenoxy) is 1. The maximum atomic E-state index is 5.64. The minimum absolute atomic E-state index is 0.140. The molecule has 2 rings (SSSR count). The van der Waals surface area contributed by atoms with Gasteiger partial charge in [0.15, 0.2) is 0 Å². The van der Waals surface area contributed by atoms with E-state index in [2.05, 4.69) is 16.4 Å². The maximum Gasteiger partial charge on any atom is 0.126 e. The van der Waals surface area contributed by atoms with Gasteiger partial charge in [-0.2, -0.15) is 0 Å². The van der Waals surface area contributed by atoms with E-state index in [4.69, 9.17) is 10.5 Å². The highest BCUT2D eigenvalue weighted by molar-refractivity contribution is 5.39. The molecule has 0 spiro atoms. The molecule has 14 heavy (non-hydrogen) atoms. The van der Waals surface area contributed by atoms with Gasteiger partial charge < -0.3 is 15.8 Å². The first-order chi connectivity index (χ1) is 6.75.